The second kappa shape index (κ2) is 9.93. The third-order valence-corrected chi connectivity index (χ3v) is 4.93. The van der Waals surface area contributed by atoms with Crippen LogP contribution in [-0.4, -0.2) is 68.7 Å². The number of hydrogen-bond donors (Lipinski definition) is 3. The number of nitrogens with zero attached hydrogens (tertiary/aromatic N) is 1. The van der Waals surface area contributed by atoms with Crippen LogP contribution in [0.4, 0.5) is 4.79 Å². The lowest BCUT2D eigenvalue weighted by Gasteiger charge is -2.21. The Morgan fingerprint density at radius 3 is 2.20 bits per heavy atom. The monoisotopic (exact) mass is 407 g/mol. The molecule has 0 saturated heterocycles. The Kier molecular flexibility index (Phi) is 7.08. The van der Waals surface area contributed by atoms with E-state index in [1.165, 1.54) is 0 Å². The first-order valence-corrected chi connectivity index (χ1v) is 9.53. The van der Waals surface area contributed by atoms with Crippen LogP contribution in [0.15, 0.2) is 48.5 Å². The third-order valence-electron chi connectivity index (χ3n) is 4.93. The molecule has 3 rings (SSSR count). The fourth-order valence-corrected chi connectivity index (χ4v) is 3.60. The van der Waals surface area contributed by atoms with Gasteiger partial charge in [-0.1, -0.05) is 48.5 Å². The van der Waals surface area contributed by atoms with Gasteiger partial charge < -0.3 is 25.3 Å². The maximum Gasteiger partial charge on any atom is 0.407 e. The molecular weight excluding hydrogens is 385 g/mol. The number of carboxylic acids is 1. The van der Waals surface area contributed by atoms with Gasteiger partial charge in [-0.05, 0) is 22.3 Å². The van der Waals surface area contributed by atoms with Gasteiger partial charge in [-0.2, -0.15) is 0 Å². The van der Waals surface area contributed by atoms with Crippen LogP contribution in [0.3, 0.4) is 0 Å². The summed E-state index contributed by atoms with van der Waals surface area (Å²) in [5, 5.41) is 13.7. The number of benzene rings is 2. The van der Waals surface area contributed by atoms with Crippen molar-refractivity contribution in [1.29, 1.82) is 0 Å². The minimum Gasteiger partial charge on any atom is -0.480 e. The Hall–Kier alpha value is -3.33. The highest BCUT2D eigenvalue weighted by molar-refractivity contribution is 6.06. The van der Waals surface area contributed by atoms with Crippen LogP contribution in [0.2, 0.25) is 0 Å². The molecule has 0 aromatic heterocycles. The highest BCUT2D eigenvalue weighted by Crippen LogP contribution is 2.44. The van der Waals surface area contributed by atoms with Crippen molar-refractivity contribution in [2.45, 2.75) is 5.92 Å². The largest absolute Gasteiger partial charge is 0.480 e. The molecule has 2 aromatic carbocycles. The van der Waals surface area contributed by atoms with E-state index in [9.17, 15) is 14.4 Å². The molecule has 30 heavy (non-hydrogen) atoms. The van der Waals surface area contributed by atoms with Crippen molar-refractivity contribution in [2.24, 2.45) is 0 Å². The molecule has 2 aromatic rings. The van der Waals surface area contributed by atoms with E-state index in [0.29, 0.717) is 0 Å². The number of alkyl carbamates (subject to hydrolysis) is 1. The number of ether oxygens (including phenoxy) is 1. The summed E-state index contributed by atoms with van der Waals surface area (Å²) in [6.07, 6.45) is -0.628. The van der Waals surface area contributed by atoms with E-state index in [1.807, 2.05) is 36.4 Å². The maximum atomic E-state index is 12.1. The highest BCUT2D eigenvalue weighted by atomic mass is 16.5. The standard InChI is InChI=1S/C21H22BN3O5/c22-24-11-19(26)25(12-20(27)28)10-9-23-21(29)30-13-18-16-7-3-1-5-14(16)15-6-2-4-8-17(15)18/h1-8,18,24H,9-13H2,(H,23,29)(H,27,28). The first kappa shape index (κ1) is 21.4. The van der Waals surface area contributed by atoms with Gasteiger partial charge in [0, 0.05) is 19.0 Å². The second-order valence-corrected chi connectivity index (χ2v) is 6.84. The molecule has 0 saturated carbocycles. The number of carbonyl (C=O) groups is 3. The fraction of sp³-hybridized carbons (Fsp3) is 0.286. The molecule has 1 aliphatic rings. The molecule has 0 aliphatic heterocycles. The minimum atomic E-state index is -1.15. The average molecular weight is 407 g/mol. The van der Waals surface area contributed by atoms with Gasteiger partial charge in [0.1, 0.15) is 13.2 Å². The van der Waals surface area contributed by atoms with E-state index < -0.39 is 24.5 Å². The Bertz CT molecular complexity index is 891. The molecular formula is C21H22BN3O5. The molecule has 0 atom stereocenters. The number of rotatable bonds is 9. The smallest absolute Gasteiger partial charge is 0.407 e. The summed E-state index contributed by atoms with van der Waals surface area (Å²) in [6.45, 7) is -0.420. The predicted octanol–water partition coefficient (Wildman–Crippen LogP) is 1.11. The molecule has 1 aliphatic carbocycles. The van der Waals surface area contributed by atoms with E-state index in [-0.39, 0.29) is 32.2 Å². The van der Waals surface area contributed by atoms with E-state index in [0.717, 1.165) is 27.2 Å². The first-order chi connectivity index (χ1) is 14.5. The van der Waals surface area contributed by atoms with Gasteiger partial charge in [-0.25, -0.2) is 4.79 Å². The number of amides is 2. The first-order valence-electron chi connectivity index (χ1n) is 9.53. The lowest BCUT2D eigenvalue weighted by Crippen LogP contribution is -2.44. The zero-order valence-electron chi connectivity index (χ0n) is 16.3. The van der Waals surface area contributed by atoms with E-state index >= 15 is 0 Å². The summed E-state index contributed by atoms with van der Waals surface area (Å²) in [5.74, 6) is -1.68. The van der Waals surface area contributed by atoms with Gasteiger partial charge in [0.25, 0.3) is 0 Å². The van der Waals surface area contributed by atoms with Crippen molar-refractivity contribution in [1.82, 2.24) is 15.4 Å². The van der Waals surface area contributed by atoms with Crippen LogP contribution in [0, 0.1) is 0 Å². The van der Waals surface area contributed by atoms with Crippen molar-refractivity contribution < 1.29 is 24.2 Å². The van der Waals surface area contributed by atoms with Crippen LogP contribution >= 0.6 is 0 Å². The summed E-state index contributed by atoms with van der Waals surface area (Å²) in [7, 11) is 5.11. The van der Waals surface area contributed by atoms with Gasteiger partial charge in [-0.15, -0.1) is 0 Å². The van der Waals surface area contributed by atoms with Gasteiger partial charge in [0.05, 0.1) is 6.54 Å². The molecule has 0 unspecified atom stereocenters. The van der Waals surface area contributed by atoms with Crippen LogP contribution in [-0.2, 0) is 14.3 Å². The molecule has 0 bridgehead atoms. The molecule has 0 spiro atoms. The van der Waals surface area contributed by atoms with E-state index in [2.05, 4.69) is 22.7 Å². The summed E-state index contributed by atoms with van der Waals surface area (Å²) >= 11 is 0. The number of hydrogen-bond acceptors (Lipinski definition) is 5. The third kappa shape index (κ3) is 4.98. The number of fused-ring (bicyclic) bond motifs is 3. The topological polar surface area (TPSA) is 108 Å². The Morgan fingerprint density at radius 1 is 1.03 bits per heavy atom. The van der Waals surface area contributed by atoms with Crippen LogP contribution in [0.5, 0.6) is 0 Å². The molecule has 0 heterocycles. The predicted molar refractivity (Wildman–Crippen MR) is 111 cm³/mol. The SMILES string of the molecule is [B]NCC(=O)N(CCNC(=O)OCC1c2ccccc2-c2ccccc21)CC(=O)O. The van der Waals surface area contributed by atoms with Gasteiger partial charge in [-0.3, -0.25) is 9.59 Å². The zero-order valence-corrected chi connectivity index (χ0v) is 16.3. The Labute approximate surface area is 175 Å². The number of carboxylic acid groups (broad SMARTS) is 1. The van der Waals surface area contributed by atoms with Gasteiger partial charge >= 0.3 is 12.1 Å². The number of carbonyl (C=O) groups excluding carboxylic acids is 2. The molecule has 3 N–H and O–H groups in total. The van der Waals surface area contributed by atoms with Gasteiger partial charge in [0.15, 0.2) is 7.98 Å². The van der Waals surface area contributed by atoms with Crippen molar-refractivity contribution in [2.75, 3.05) is 32.8 Å². The summed E-state index contributed by atoms with van der Waals surface area (Å²) in [4.78, 5) is 36.0. The quantitative estimate of drug-likeness (QED) is 0.538. The number of aliphatic carboxylic acids is 1. The van der Waals surface area contributed by atoms with Crippen molar-refractivity contribution in [3.05, 3.63) is 59.7 Å². The van der Waals surface area contributed by atoms with Crippen LogP contribution in [0.1, 0.15) is 17.0 Å². The summed E-state index contributed by atoms with van der Waals surface area (Å²) in [6, 6.07) is 16.1. The number of nitrogens with one attached hydrogen (secondary N) is 2. The minimum absolute atomic E-state index is 0.0248. The zero-order chi connectivity index (χ0) is 21.5. The molecule has 9 heteroatoms. The lowest BCUT2D eigenvalue weighted by atomic mass is 9.98. The molecule has 154 valence electrons. The van der Waals surface area contributed by atoms with Crippen LogP contribution < -0.4 is 10.5 Å². The highest BCUT2D eigenvalue weighted by Gasteiger charge is 2.29. The lowest BCUT2D eigenvalue weighted by molar-refractivity contribution is -0.143. The van der Waals surface area contributed by atoms with Crippen molar-refractivity contribution >= 4 is 26.0 Å². The second-order valence-electron chi connectivity index (χ2n) is 6.84. The van der Waals surface area contributed by atoms with Crippen molar-refractivity contribution in [3.63, 3.8) is 0 Å². The Morgan fingerprint density at radius 2 is 1.63 bits per heavy atom. The van der Waals surface area contributed by atoms with Crippen LogP contribution in [0.25, 0.3) is 11.1 Å². The average Bonchev–Trinajstić information content (AvgIpc) is 3.05. The molecule has 0 fully saturated rings. The normalized spacial score (nSPS) is 12.0. The molecule has 2 radical (unpaired) electrons. The molecule has 8 nitrogen and oxygen atoms in total. The summed E-state index contributed by atoms with van der Waals surface area (Å²) in [5.41, 5.74) is 4.50. The fourth-order valence-electron chi connectivity index (χ4n) is 3.60. The van der Waals surface area contributed by atoms with Crippen molar-refractivity contribution in [3.8, 4) is 11.1 Å². The van der Waals surface area contributed by atoms with Gasteiger partial charge in [0.2, 0.25) is 5.91 Å². The summed E-state index contributed by atoms with van der Waals surface area (Å²) < 4.78 is 5.41. The maximum absolute atomic E-state index is 12.1. The molecule has 2 amide bonds. The Balaban J connectivity index is 1.54. The van der Waals surface area contributed by atoms with E-state index in [4.69, 9.17) is 17.8 Å². The van der Waals surface area contributed by atoms with E-state index in [1.54, 1.807) is 0 Å².